The van der Waals surface area contributed by atoms with Crippen LogP contribution in [0.1, 0.15) is 19.8 Å². The largest absolute Gasteiger partial charge is 0.493 e. The molecule has 2 aliphatic rings. The number of hydrogen-bond donors (Lipinski definition) is 0. The molecular formula is C13H18O2. The van der Waals surface area contributed by atoms with Crippen molar-refractivity contribution in [3.8, 4) is 0 Å². The monoisotopic (exact) mass is 206 g/mol. The second-order valence-electron chi connectivity index (χ2n) is 4.26. The Morgan fingerprint density at radius 1 is 1.40 bits per heavy atom. The Labute approximate surface area is 91.3 Å². The topological polar surface area (TPSA) is 18.5 Å². The molecule has 2 rings (SSSR count). The summed E-state index contributed by atoms with van der Waals surface area (Å²) in [6.45, 7) is 4.67. The molecule has 2 nitrogen and oxygen atoms in total. The van der Waals surface area contributed by atoms with E-state index in [1.54, 1.807) is 0 Å². The molecule has 0 atom stereocenters. The van der Waals surface area contributed by atoms with Crippen LogP contribution in [-0.2, 0) is 9.47 Å². The molecule has 0 N–H and O–H groups in total. The average molecular weight is 206 g/mol. The van der Waals surface area contributed by atoms with Gasteiger partial charge in [-0.15, -0.1) is 0 Å². The summed E-state index contributed by atoms with van der Waals surface area (Å²) >= 11 is 0. The van der Waals surface area contributed by atoms with Gasteiger partial charge in [0.05, 0.1) is 25.2 Å². The van der Waals surface area contributed by atoms with Gasteiger partial charge in [-0.05, 0) is 25.0 Å². The van der Waals surface area contributed by atoms with E-state index >= 15 is 0 Å². The van der Waals surface area contributed by atoms with Crippen molar-refractivity contribution >= 4 is 0 Å². The van der Waals surface area contributed by atoms with Gasteiger partial charge >= 0.3 is 0 Å². The second-order valence-corrected chi connectivity index (χ2v) is 4.26. The third kappa shape index (κ3) is 2.51. The lowest BCUT2D eigenvalue weighted by atomic mass is 9.84. The average Bonchev–Trinajstić information content (AvgIpc) is 2.45. The van der Waals surface area contributed by atoms with Crippen molar-refractivity contribution in [2.24, 2.45) is 5.41 Å². The molecule has 0 radical (unpaired) electrons. The van der Waals surface area contributed by atoms with Crippen LogP contribution >= 0.6 is 0 Å². The minimum Gasteiger partial charge on any atom is -0.493 e. The molecule has 15 heavy (non-hydrogen) atoms. The molecule has 0 spiro atoms. The Bertz CT molecular complexity index is 290. The minimum atomic E-state index is 0.272. The van der Waals surface area contributed by atoms with Crippen LogP contribution in [0.4, 0.5) is 0 Å². The van der Waals surface area contributed by atoms with Gasteiger partial charge in [0.25, 0.3) is 0 Å². The maximum absolute atomic E-state index is 5.82. The van der Waals surface area contributed by atoms with Gasteiger partial charge in [0, 0.05) is 0 Å². The minimum absolute atomic E-state index is 0.272. The van der Waals surface area contributed by atoms with Crippen LogP contribution in [0.2, 0.25) is 0 Å². The van der Waals surface area contributed by atoms with Gasteiger partial charge in [0.2, 0.25) is 0 Å². The smallest absolute Gasteiger partial charge is 0.115 e. The fourth-order valence-corrected chi connectivity index (χ4v) is 1.68. The van der Waals surface area contributed by atoms with Gasteiger partial charge in [-0.1, -0.05) is 25.2 Å². The highest BCUT2D eigenvalue weighted by atomic mass is 16.5. The SMILES string of the molecule is CCC1(COC2=CCC=CC=C2)COC1. The number of ether oxygens (including phenoxy) is 2. The van der Waals surface area contributed by atoms with E-state index in [0.717, 1.165) is 38.4 Å². The predicted molar refractivity (Wildman–Crippen MR) is 60.5 cm³/mol. The van der Waals surface area contributed by atoms with E-state index in [1.165, 1.54) is 0 Å². The molecule has 0 aromatic rings. The van der Waals surface area contributed by atoms with E-state index in [0.29, 0.717) is 0 Å². The van der Waals surface area contributed by atoms with Gasteiger partial charge in [0.15, 0.2) is 0 Å². The Morgan fingerprint density at radius 3 is 2.93 bits per heavy atom. The normalized spacial score (nSPS) is 22.9. The summed E-state index contributed by atoms with van der Waals surface area (Å²) in [5.74, 6) is 0.986. The first-order valence-corrected chi connectivity index (χ1v) is 5.59. The summed E-state index contributed by atoms with van der Waals surface area (Å²) in [6, 6.07) is 0. The van der Waals surface area contributed by atoms with Crippen molar-refractivity contribution < 1.29 is 9.47 Å². The van der Waals surface area contributed by atoms with Crippen molar-refractivity contribution in [3.63, 3.8) is 0 Å². The number of allylic oxidation sites excluding steroid dienone is 5. The van der Waals surface area contributed by atoms with E-state index in [-0.39, 0.29) is 5.41 Å². The molecule has 0 aromatic carbocycles. The number of rotatable bonds is 4. The molecule has 0 saturated carbocycles. The lowest BCUT2D eigenvalue weighted by molar-refractivity contribution is -0.141. The zero-order valence-corrected chi connectivity index (χ0v) is 9.24. The Morgan fingerprint density at radius 2 is 2.27 bits per heavy atom. The standard InChI is InChI=1S/C13H18O2/c1-2-13(9-14-10-13)11-15-12-7-5-3-4-6-8-12/h3-5,7-8H,2,6,9-11H2,1H3. The van der Waals surface area contributed by atoms with Gasteiger partial charge < -0.3 is 9.47 Å². The first-order chi connectivity index (χ1) is 7.35. The number of hydrogen-bond acceptors (Lipinski definition) is 2. The Balaban J connectivity index is 1.84. The van der Waals surface area contributed by atoms with E-state index in [9.17, 15) is 0 Å². The van der Waals surface area contributed by atoms with Crippen molar-refractivity contribution in [1.29, 1.82) is 0 Å². The van der Waals surface area contributed by atoms with Crippen LogP contribution in [0.3, 0.4) is 0 Å². The highest BCUT2D eigenvalue weighted by Crippen LogP contribution is 2.32. The van der Waals surface area contributed by atoms with Crippen LogP contribution in [0, 0.1) is 5.41 Å². The van der Waals surface area contributed by atoms with E-state index in [2.05, 4.69) is 25.2 Å². The fraction of sp³-hybridized carbons (Fsp3) is 0.538. The lowest BCUT2D eigenvalue weighted by Crippen LogP contribution is -2.45. The molecule has 0 amide bonds. The molecule has 0 bridgehead atoms. The van der Waals surface area contributed by atoms with Crippen LogP contribution in [0.5, 0.6) is 0 Å². The highest BCUT2D eigenvalue weighted by Gasteiger charge is 2.37. The Hall–Kier alpha value is -1.02. The van der Waals surface area contributed by atoms with Crippen molar-refractivity contribution in [1.82, 2.24) is 0 Å². The van der Waals surface area contributed by atoms with E-state index < -0.39 is 0 Å². The quantitative estimate of drug-likeness (QED) is 0.704. The van der Waals surface area contributed by atoms with Crippen LogP contribution in [-0.4, -0.2) is 19.8 Å². The summed E-state index contributed by atoms with van der Waals surface area (Å²) in [6.07, 6.45) is 12.4. The summed E-state index contributed by atoms with van der Waals surface area (Å²) in [5.41, 5.74) is 0.272. The van der Waals surface area contributed by atoms with Gasteiger partial charge in [-0.2, -0.15) is 0 Å². The maximum Gasteiger partial charge on any atom is 0.115 e. The third-order valence-electron chi connectivity index (χ3n) is 3.07. The van der Waals surface area contributed by atoms with Crippen LogP contribution in [0.25, 0.3) is 0 Å². The summed E-state index contributed by atoms with van der Waals surface area (Å²) in [4.78, 5) is 0. The Kier molecular flexibility index (Phi) is 3.27. The molecule has 1 heterocycles. The van der Waals surface area contributed by atoms with Crippen molar-refractivity contribution in [2.45, 2.75) is 19.8 Å². The molecule has 2 heteroatoms. The highest BCUT2D eigenvalue weighted by molar-refractivity contribution is 5.22. The second kappa shape index (κ2) is 4.67. The van der Waals surface area contributed by atoms with Crippen molar-refractivity contribution in [2.75, 3.05) is 19.8 Å². The molecule has 0 aromatic heterocycles. The van der Waals surface area contributed by atoms with E-state index in [4.69, 9.17) is 9.47 Å². The predicted octanol–water partition coefficient (Wildman–Crippen LogP) is 2.83. The first kappa shape index (κ1) is 10.5. The van der Waals surface area contributed by atoms with E-state index in [1.807, 2.05) is 12.2 Å². The molecule has 1 saturated heterocycles. The molecule has 1 fully saturated rings. The molecule has 1 aliphatic carbocycles. The molecule has 1 aliphatic heterocycles. The first-order valence-electron chi connectivity index (χ1n) is 5.59. The van der Waals surface area contributed by atoms with Gasteiger partial charge in [0.1, 0.15) is 5.76 Å². The van der Waals surface area contributed by atoms with Crippen molar-refractivity contribution in [3.05, 3.63) is 36.1 Å². The summed E-state index contributed by atoms with van der Waals surface area (Å²) in [7, 11) is 0. The summed E-state index contributed by atoms with van der Waals surface area (Å²) in [5, 5.41) is 0. The molecule has 0 unspecified atom stereocenters. The van der Waals surface area contributed by atoms with Gasteiger partial charge in [-0.25, -0.2) is 0 Å². The zero-order valence-electron chi connectivity index (χ0n) is 9.24. The summed E-state index contributed by atoms with van der Waals surface area (Å²) < 4.78 is 11.1. The van der Waals surface area contributed by atoms with Gasteiger partial charge in [-0.3, -0.25) is 0 Å². The van der Waals surface area contributed by atoms with Crippen LogP contribution in [0.15, 0.2) is 36.1 Å². The lowest BCUT2D eigenvalue weighted by Gasteiger charge is -2.40. The molecule has 82 valence electrons. The maximum atomic E-state index is 5.82. The van der Waals surface area contributed by atoms with Crippen LogP contribution < -0.4 is 0 Å². The fourth-order valence-electron chi connectivity index (χ4n) is 1.68. The zero-order chi connectivity index (χ0) is 10.6. The molecular weight excluding hydrogens is 188 g/mol. The third-order valence-corrected chi connectivity index (χ3v) is 3.07.